The summed E-state index contributed by atoms with van der Waals surface area (Å²) in [6.45, 7) is 4.17. The van der Waals surface area contributed by atoms with Gasteiger partial charge in [-0.1, -0.05) is 23.9 Å². The molecular formula is C25H28N4O4S. The van der Waals surface area contributed by atoms with Gasteiger partial charge in [-0.2, -0.15) is 4.99 Å². The zero-order valence-corrected chi connectivity index (χ0v) is 20.1. The van der Waals surface area contributed by atoms with Crippen molar-refractivity contribution in [2.75, 3.05) is 25.5 Å². The second-order valence-electron chi connectivity index (χ2n) is 8.35. The van der Waals surface area contributed by atoms with Crippen LogP contribution >= 0.6 is 11.8 Å². The number of aliphatic imine (C=N–C) groups is 1. The maximum atomic E-state index is 12.5. The van der Waals surface area contributed by atoms with Gasteiger partial charge >= 0.3 is 0 Å². The van der Waals surface area contributed by atoms with Gasteiger partial charge in [0.15, 0.2) is 5.17 Å². The minimum atomic E-state index is -0.485. The predicted molar refractivity (Wildman–Crippen MR) is 133 cm³/mol. The quantitative estimate of drug-likeness (QED) is 0.630. The first-order chi connectivity index (χ1) is 16.4. The standard InChI is InChI=1S/C25H28N4O4S/c1-16-5-6-17(13-20(16)33-2)15-26-23(31)18-7-9-19(10-8-18)27-22(30)14-21-24(32)28-25(34-21)29-11-3-4-12-29/h5-10,13,21H,3-4,11-12,14-15H2,1-2H3,(H,26,31)(H,27,30). The summed E-state index contributed by atoms with van der Waals surface area (Å²) in [4.78, 5) is 43.4. The molecular weight excluding hydrogens is 452 g/mol. The first-order valence-electron chi connectivity index (χ1n) is 11.3. The number of hydrogen-bond acceptors (Lipinski definition) is 6. The van der Waals surface area contributed by atoms with Gasteiger partial charge in [0.05, 0.1) is 7.11 Å². The van der Waals surface area contributed by atoms with Gasteiger partial charge in [0.25, 0.3) is 11.8 Å². The molecule has 1 atom stereocenters. The Morgan fingerprint density at radius 1 is 1.15 bits per heavy atom. The van der Waals surface area contributed by atoms with Gasteiger partial charge in [0.1, 0.15) is 11.0 Å². The number of likely N-dealkylation sites (tertiary alicyclic amines) is 1. The van der Waals surface area contributed by atoms with Crippen molar-refractivity contribution in [1.29, 1.82) is 0 Å². The highest BCUT2D eigenvalue weighted by atomic mass is 32.2. The average molecular weight is 481 g/mol. The molecule has 4 rings (SSSR count). The number of methoxy groups -OCH3 is 1. The number of carbonyl (C=O) groups excluding carboxylic acids is 3. The molecule has 1 unspecified atom stereocenters. The third-order valence-corrected chi connectivity index (χ3v) is 7.05. The smallest absolute Gasteiger partial charge is 0.262 e. The van der Waals surface area contributed by atoms with Crippen molar-refractivity contribution in [3.8, 4) is 5.75 Å². The number of aryl methyl sites for hydroxylation is 1. The molecule has 1 fully saturated rings. The molecule has 2 aliphatic rings. The number of hydrogen-bond donors (Lipinski definition) is 2. The molecule has 34 heavy (non-hydrogen) atoms. The molecule has 2 N–H and O–H groups in total. The van der Waals surface area contributed by atoms with E-state index < -0.39 is 5.25 Å². The fraction of sp³-hybridized carbons (Fsp3) is 0.360. The van der Waals surface area contributed by atoms with E-state index in [1.165, 1.54) is 11.8 Å². The molecule has 0 bridgehead atoms. The van der Waals surface area contributed by atoms with Gasteiger partial charge in [-0.15, -0.1) is 0 Å². The van der Waals surface area contributed by atoms with Crippen molar-refractivity contribution in [1.82, 2.24) is 10.2 Å². The molecule has 178 valence electrons. The van der Waals surface area contributed by atoms with Crippen molar-refractivity contribution in [2.45, 2.75) is 38.0 Å². The minimum Gasteiger partial charge on any atom is -0.496 e. The fourth-order valence-electron chi connectivity index (χ4n) is 3.90. The van der Waals surface area contributed by atoms with Crippen molar-refractivity contribution >= 4 is 40.3 Å². The van der Waals surface area contributed by atoms with E-state index in [0.717, 1.165) is 48.0 Å². The summed E-state index contributed by atoms with van der Waals surface area (Å²) in [7, 11) is 1.62. The Morgan fingerprint density at radius 2 is 1.88 bits per heavy atom. The van der Waals surface area contributed by atoms with Crippen molar-refractivity contribution in [3.05, 3.63) is 59.2 Å². The summed E-state index contributed by atoms with van der Waals surface area (Å²) in [5, 5.41) is 5.94. The monoisotopic (exact) mass is 480 g/mol. The molecule has 3 amide bonds. The van der Waals surface area contributed by atoms with E-state index in [1.807, 2.05) is 25.1 Å². The molecule has 0 aromatic heterocycles. The van der Waals surface area contributed by atoms with E-state index in [0.29, 0.717) is 17.8 Å². The number of nitrogens with zero attached hydrogens (tertiary/aromatic N) is 2. The highest BCUT2D eigenvalue weighted by Gasteiger charge is 2.33. The molecule has 2 aliphatic heterocycles. The summed E-state index contributed by atoms with van der Waals surface area (Å²) in [5.41, 5.74) is 3.03. The van der Waals surface area contributed by atoms with Crippen LogP contribution in [-0.2, 0) is 16.1 Å². The zero-order valence-electron chi connectivity index (χ0n) is 19.3. The van der Waals surface area contributed by atoms with E-state index >= 15 is 0 Å². The molecule has 0 aliphatic carbocycles. The van der Waals surface area contributed by atoms with Gasteiger partial charge in [0, 0.05) is 37.3 Å². The van der Waals surface area contributed by atoms with Crippen LogP contribution in [0, 0.1) is 6.92 Å². The number of ether oxygens (including phenoxy) is 1. The number of amidine groups is 1. The van der Waals surface area contributed by atoms with Crippen molar-refractivity contribution in [3.63, 3.8) is 0 Å². The Kier molecular flexibility index (Phi) is 7.52. The molecule has 1 saturated heterocycles. The van der Waals surface area contributed by atoms with Crippen LogP contribution in [0.3, 0.4) is 0 Å². The van der Waals surface area contributed by atoms with E-state index in [9.17, 15) is 14.4 Å². The molecule has 2 aromatic carbocycles. The second kappa shape index (κ2) is 10.7. The highest BCUT2D eigenvalue weighted by molar-refractivity contribution is 8.15. The van der Waals surface area contributed by atoms with E-state index in [-0.39, 0.29) is 24.1 Å². The van der Waals surface area contributed by atoms with Gasteiger partial charge in [0.2, 0.25) is 5.91 Å². The van der Waals surface area contributed by atoms with Crippen LogP contribution < -0.4 is 15.4 Å². The SMILES string of the molecule is COc1cc(CNC(=O)c2ccc(NC(=O)CC3SC(N4CCCC4)=NC3=O)cc2)ccc1C. The van der Waals surface area contributed by atoms with Crippen LogP contribution in [0.5, 0.6) is 5.75 Å². The predicted octanol–water partition coefficient (Wildman–Crippen LogP) is 3.36. The molecule has 0 radical (unpaired) electrons. The normalized spacial score (nSPS) is 17.5. The first kappa shape index (κ1) is 23.8. The Bertz CT molecular complexity index is 1110. The lowest BCUT2D eigenvalue weighted by molar-refractivity contribution is -0.121. The Hall–Kier alpha value is -3.33. The first-order valence-corrected chi connectivity index (χ1v) is 12.2. The fourth-order valence-corrected chi connectivity index (χ4v) is 5.01. The van der Waals surface area contributed by atoms with Crippen molar-refractivity contribution in [2.24, 2.45) is 4.99 Å². The molecule has 0 spiro atoms. The van der Waals surface area contributed by atoms with Gasteiger partial charge in [-0.25, -0.2) is 0 Å². The lowest BCUT2D eigenvalue weighted by Gasteiger charge is -2.16. The van der Waals surface area contributed by atoms with Crippen LogP contribution in [-0.4, -0.2) is 53.2 Å². The Balaban J connectivity index is 1.26. The lowest BCUT2D eigenvalue weighted by Crippen LogP contribution is -2.25. The summed E-state index contributed by atoms with van der Waals surface area (Å²) < 4.78 is 5.32. The maximum Gasteiger partial charge on any atom is 0.262 e. The summed E-state index contributed by atoms with van der Waals surface area (Å²) >= 11 is 1.37. The zero-order chi connectivity index (χ0) is 24.1. The number of carbonyl (C=O) groups is 3. The van der Waals surface area contributed by atoms with Crippen molar-refractivity contribution < 1.29 is 19.1 Å². The largest absolute Gasteiger partial charge is 0.496 e. The van der Waals surface area contributed by atoms with Crippen LogP contribution in [0.25, 0.3) is 0 Å². The number of thioether (sulfide) groups is 1. The Morgan fingerprint density at radius 3 is 2.59 bits per heavy atom. The Labute approximate surface area is 203 Å². The van der Waals surface area contributed by atoms with Crippen LogP contribution in [0.15, 0.2) is 47.5 Å². The van der Waals surface area contributed by atoms with Crippen LogP contribution in [0.2, 0.25) is 0 Å². The number of anilines is 1. The third-order valence-electron chi connectivity index (χ3n) is 5.83. The minimum absolute atomic E-state index is 0.0621. The van der Waals surface area contributed by atoms with E-state index in [1.54, 1.807) is 31.4 Å². The summed E-state index contributed by atoms with van der Waals surface area (Å²) in [6, 6.07) is 12.5. The lowest BCUT2D eigenvalue weighted by atomic mass is 10.1. The topological polar surface area (TPSA) is 100 Å². The second-order valence-corrected chi connectivity index (χ2v) is 9.52. The molecule has 9 heteroatoms. The van der Waals surface area contributed by atoms with Crippen LogP contribution in [0.4, 0.5) is 5.69 Å². The average Bonchev–Trinajstić information content (AvgIpc) is 3.49. The van der Waals surface area contributed by atoms with Gasteiger partial charge < -0.3 is 20.3 Å². The number of amides is 3. The number of nitrogens with one attached hydrogen (secondary N) is 2. The molecule has 8 nitrogen and oxygen atoms in total. The third kappa shape index (κ3) is 5.77. The van der Waals surface area contributed by atoms with Gasteiger partial charge in [-0.05, 0) is 61.2 Å². The van der Waals surface area contributed by atoms with Gasteiger partial charge in [-0.3, -0.25) is 14.4 Å². The van der Waals surface area contributed by atoms with E-state index in [2.05, 4.69) is 20.5 Å². The number of rotatable bonds is 7. The molecule has 2 heterocycles. The summed E-state index contributed by atoms with van der Waals surface area (Å²) in [5.74, 6) is 0.0647. The highest BCUT2D eigenvalue weighted by Crippen LogP contribution is 2.29. The summed E-state index contributed by atoms with van der Waals surface area (Å²) in [6.07, 6.45) is 2.27. The maximum absolute atomic E-state index is 12.5. The van der Waals surface area contributed by atoms with E-state index in [4.69, 9.17) is 4.74 Å². The molecule has 0 saturated carbocycles. The van der Waals surface area contributed by atoms with Crippen LogP contribution in [0.1, 0.15) is 40.7 Å². The number of benzene rings is 2. The molecule has 2 aromatic rings.